The third-order valence-corrected chi connectivity index (χ3v) is 2.10. The maximum absolute atomic E-state index is 11.9. The zero-order chi connectivity index (χ0) is 11.5. The minimum atomic E-state index is -0.211. The van der Waals surface area contributed by atoms with Crippen LogP contribution in [0.2, 0.25) is 0 Å². The molecule has 0 bridgehead atoms. The summed E-state index contributed by atoms with van der Waals surface area (Å²) in [6.45, 7) is 3.54. The summed E-state index contributed by atoms with van der Waals surface area (Å²) in [4.78, 5) is 11.9. The molecule has 0 aliphatic carbocycles. The van der Waals surface area contributed by atoms with Crippen LogP contribution in [0.4, 0.5) is 5.69 Å². The van der Waals surface area contributed by atoms with Crippen molar-refractivity contribution in [1.82, 2.24) is 20.4 Å². The van der Waals surface area contributed by atoms with Gasteiger partial charge in [-0.25, -0.2) is 0 Å². The van der Waals surface area contributed by atoms with E-state index in [0.29, 0.717) is 22.6 Å². The zero-order valence-electron chi connectivity index (χ0n) is 8.98. The van der Waals surface area contributed by atoms with E-state index < -0.39 is 0 Å². The van der Waals surface area contributed by atoms with E-state index in [1.165, 1.54) is 6.20 Å². The Kier molecular flexibility index (Phi) is 2.63. The first kappa shape index (κ1) is 10.3. The van der Waals surface area contributed by atoms with Crippen molar-refractivity contribution in [3.63, 3.8) is 0 Å². The van der Waals surface area contributed by atoms with Gasteiger partial charge >= 0.3 is 0 Å². The second kappa shape index (κ2) is 4.09. The highest BCUT2D eigenvalue weighted by molar-refractivity contribution is 6.04. The fourth-order valence-electron chi connectivity index (χ4n) is 1.30. The Morgan fingerprint density at radius 1 is 1.38 bits per heavy atom. The van der Waals surface area contributed by atoms with Crippen LogP contribution in [0, 0.1) is 13.8 Å². The summed E-state index contributed by atoms with van der Waals surface area (Å²) in [5, 5.41) is 16.8. The number of carbonyl (C=O) groups is 1. The monoisotopic (exact) mass is 217 g/mol. The fraction of sp³-hybridized carbons (Fsp3) is 0.200. The molecule has 0 atom stereocenters. The number of nitrogens with zero attached hydrogens (tertiary/aromatic N) is 3. The van der Waals surface area contributed by atoms with Gasteiger partial charge in [0.25, 0.3) is 5.91 Å². The number of carbonyl (C=O) groups excluding carboxylic acids is 1. The van der Waals surface area contributed by atoms with Gasteiger partial charge in [-0.3, -0.25) is 9.89 Å². The summed E-state index contributed by atoms with van der Waals surface area (Å²) < 4.78 is 0. The first-order chi connectivity index (χ1) is 7.66. The largest absolute Gasteiger partial charge is 0.319 e. The predicted octanol–water partition coefficient (Wildman–Crippen LogP) is 1.07. The number of aromatic amines is 1. The van der Waals surface area contributed by atoms with Crippen molar-refractivity contribution in [3.05, 3.63) is 35.4 Å². The standard InChI is InChI=1S/C10H11N5O/c1-6-3-9(7(2)15-14-6)10(16)13-8-4-11-12-5-8/h3-5H,1-2H3,(H,11,12)(H,13,16). The van der Waals surface area contributed by atoms with E-state index in [1.54, 1.807) is 26.1 Å². The minimum Gasteiger partial charge on any atom is -0.319 e. The van der Waals surface area contributed by atoms with Crippen molar-refractivity contribution < 1.29 is 4.79 Å². The van der Waals surface area contributed by atoms with Gasteiger partial charge in [0.15, 0.2) is 0 Å². The van der Waals surface area contributed by atoms with Crippen molar-refractivity contribution in [2.24, 2.45) is 0 Å². The molecule has 16 heavy (non-hydrogen) atoms. The molecule has 0 saturated heterocycles. The highest BCUT2D eigenvalue weighted by Gasteiger charge is 2.11. The van der Waals surface area contributed by atoms with Gasteiger partial charge in [0, 0.05) is 6.20 Å². The van der Waals surface area contributed by atoms with E-state index in [2.05, 4.69) is 25.7 Å². The number of anilines is 1. The molecular formula is C10H11N5O. The third-order valence-electron chi connectivity index (χ3n) is 2.10. The normalized spacial score (nSPS) is 10.1. The summed E-state index contributed by atoms with van der Waals surface area (Å²) >= 11 is 0. The van der Waals surface area contributed by atoms with Crippen molar-refractivity contribution in [2.75, 3.05) is 5.32 Å². The number of amides is 1. The van der Waals surface area contributed by atoms with Gasteiger partial charge in [-0.05, 0) is 19.9 Å². The summed E-state index contributed by atoms with van der Waals surface area (Å²) in [7, 11) is 0. The number of hydrogen-bond donors (Lipinski definition) is 2. The lowest BCUT2D eigenvalue weighted by Crippen LogP contribution is -2.14. The molecule has 2 aromatic heterocycles. The zero-order valence-corrected chi connectivity index (χ0v) is 8.98. The van der Waals surface area contributed by atoms with Crippen molar-refractivity contribution in [1.29, 1.82) is 0 Å². The van der Waals surface area contributed by atoms with E-state index in [1.807, 2.05) is 0 Å². The molecular weight excluding hydrogens is 206 g/mol. The van der Waals surface area contributed by atoms with Crippen LogP contribution in [0.1, 0.15) is 21.7 Å². The lowest BCUT2D eigenvalue weighted by Gasteiger charge is -2.04. The lowest BCUT2D eigenvalue weighted by atomic mass is 10.2. The van der Waals surface area contributed by atoms with Crippen molar-refractivity contribution in [2.45, 2.75) is 13.8 Å². The first-order valence-electron chi connectivity index (χ1n) is 4.78. The molecule has 0 unspecified atom stereocenters. The Balaban J connectivity index is 2.24. The third kappa shape index (κ3) is 2.05. The average Bonchev–Trinajstić information content (AvgIpc) is 2.74. The lowest BCUT2D eigenvalue weighted by molar-refractivity contribution is 0.102. The quantitative estimate of drug-likeness (QED) is 0.788. The van der Waals surface area contributed by atoms with Crippen LogP contribution < -0.4 is 5.32 Å². The topological polar surface area (TPSA) is 83.6 Å². The van der Waals surface area contributed by atoms with E-state index >= 15 is 0 Å². The Labute approximate surface area is 92.1 Å². The molecule has 0 saturated carbocycles. The molecule has 2 rings (SSSR count). The van der Waals surface area contributed by atoms with Crippen LogP contribution in [-0.4, -0.2) is 26.3 Å². The number of aryl methyl sites for hydroxylation is 2. The Bertz CT molecular complexity index is 506. The van der Waals surface area contributed by atoms with Gasteiger partial charge in [0.2, 0.25) is 0 Å². The molecule has 82 valence electrons. The molecule has 0 aliphatic rings. The second-order valence-corrected chi connectivity index (χ2v) is 3.43. The SMILES string of the molecule is Cc1cc(C(=O)Nc2cn[nH]c2)c(C)nn1. The summed E-state index contributed by atoms with van der Waals surface area (Å²) in [5.74, 6) is -0.211. The molecule has 6 heteroatoms. The van der Waals surface area contributed by atoms with Gasteiger partial charge in [-0.2, -0.15) is 15.3 Å². The van der Waals surface area contributed by atoms with E-state index in [-0.39, 0.29) is 5.91 Å². The van der Waals surface area contributed by atoms with Crippen LogP contribution in [0.15, 0.2) is 18.5 Å². The number of nitrogens with one attached hydrogen (secondary N) is 2. The molecule has 2 heterocycles. The molecule has 0 fully saturated rings. The van der Waals surface area contributed by atoms with Crippen LogP contribution in [0.5, 0.6) is 0 Å². The molecule has 6 nitrogen and oxygen atoms in total. The predicted molar refractivity (Wildman–Crippen MR) is 58.0 cm³/mol. The maximum Gasteiger partial charge on any atom is 0.257 e. The van der Waals surface area contributed by atoms with E-state index in [9.17, 15) is 4.79 Å². The summed E-state index contributed by atoms with van der Waals surface area (Å²) in [6.07, 6.45) is 3.14. The highest BCUT2D eigenvalue weighted by Crippen LogP contribution is 2.09. The van der Waals surface area contributed by atoms with Crippen LogP contribution in [0.25, 0.3) is 0 Å². The molecule has 0 spiro atoms. The van der Waals surface area contributed by atoms with Gasteiger partial charge in [-0.15, -0.1) is 0 Å². The molecule has 0 aromatic carbocycles. The summed E-state index contributed by atoms with van der Waals surface area (Å²) in [5.41, 5.74) is 2.46. The Morgan fingerprint density at radius 3 is 2.88 bits per heavy atom. The van der Waals surface area contributed by atoms with Crippen LogP contribution >= 0.6 is 0 Å². The smallest absolute Gasteiger partial charge is 0.257 e. The number of H-pyrrole nitrogens is 1. The molecule has 1 amide bonds. The summed E-state index contributed by atoms with van der Waals surface area (Å²) in [6, 6.07) is 1.71. The second-order valence-electron chi connectivity index (χ2n) is 3.43. The highest BCUT2D eigenvalue weighted by atomic mass is 16.1. The molecule has 2 N–H and O–H groups in total. The van der Waals surface area contributed by atoms with Crippen LogP contribution in [0.3, 0.4) is 0 Å². The maximum atomic E-state index is 11.9. The molecule has 2 aromatic rings. The molecule has 0 radical (unpaired) electrons. The minimum absolute atomic E-state index is 0.211. The van der Waals surface area contributed by atoms with Gasteiger partial charge in [0.05, 0.1) is 28.8 Å². The van der Waals surface area contributed by atoms with Gasteiger partial charge < -0.3 is 5.32 Å². The number of rotatable bonds is 2. The van der Waals surface area contributed by atoms with Crippen molar-refractivity contribution in [3.8, 4) is 0 Å². The Morgan fingerprint density at radius 2 is 2.19 bits per heavy atom. The van der Waals surface area contributed by atoms with Crippen LogP contribution in [-0.2, 0) is 0 Å². The molecule has 0 aliphatic heterocycles. The van der Waals surface area contributed by atoms with Gasteiger partial charge in [-0.1, -0.05) is 0 Å². The van der Waals surface area contributed by atoms with E-state index in [4.69, 9.17) is 0 Å². The first-order valence-corrected chi connectivity index (χ1v) is 4.78. The number of hydrogen-bond acceptors (Lipinski definition) is 4. The van der Waals surface area contributed by atoms with Crippen molar-refractivity contribution >= 4 is 11.6 Å². The Hall–Kier alpha value is -2.24. The fourth-order valence-corrected chi connectivity index (χ4v) is 1.30. The number of aromatic nitrogens is 4. The van der Waals surface area contributed by atoms with Gasteiger partial charge in [0.1, 0.15) is 0 Å². The average molecular weight is 217 g/mol. The van der Waals surface area contributed by atoms with E-state index in [0.717, 1.165) is 0 Å².